The normalized spacial score (nSPS) is 24.8. The summed E-state index contributed by atoms with van der Waals surface area (Å²) in [5, 5.41) is 28.3. The lowest BCUT2D eigenvalue weighted by Gasteiger charge is -2.18. The number of hydrogen-bond donors (Lipinski definition) is 6. The third-order valence-electron chi connectivity index (χ3n) is 5.50. The number of aliphatic hydroxyl groups is 2. The van der Waals surface area contributed by atoms with Crippen molar-refractivity contribution >= 4 is 43.6 Å². The SMILES string of the molecule is C[C@H](Nc1nc(Cl)nc2nn([C@@H]3O[C@H](COP(=O)(O)CP(=O)(O)O)[C@@H](O)[C@H]3O)cc12)c1ccccc1F. The van der Waals surface area contributed by atoms with Crippen LogP contribution in [0.1, 0.15) is 24.8 Å². The molecule has 37 heavy (non-hydrogen) atoms. The highest BCUT2D eigenvalue weighted by molar-refractivity contribution is 7.70. The molecule has 0 bridgehead atoms. The third-order valence-corrected chi connectivity index (χ3v) is 9.12. The van der Waals surface area contributed by atoms with Crippen LogP contribution < -0.4 is 5.32 Å². The maximum Gasteiger partial charge on any atom is 0.340 e. The Morgan fingerprint density at radius 1 is 1.22 bits per heavy atom. The summed E-state index contributed by atoms with van der Waals surface area (Å²) in [4.78, 5) is 35.6. The molecule has 1 fully saturated rings. The van der Waals surface area contributed by atoms with Crippen LogP contribution in [0.3, 0.4) is 0 Å². The monoisotopic (exact) mass is 581 g/mol. The van der Waals surface area contributed by atoms with Crippen LogP contribution in [0.25, 0.3) is 11.0 Å². The van der Waals surface area contributed by atoms with Crippen LogP contribution in [-0.2, 0) is 18.4 Å². The van der Waals surface area contributed by atoms with Gasteiger partial charge in [-0.2, -0.15) is 9.97 Å². The highest BCUT2D eigenvalue weighted by Gasteiger charge is 2.45. The van der Waals surface area contributed by atoms with Crippen molar-refractivity contribution in [2.45, 2.75) is 37.5 Å². The minimum absolute atomic E-state index is 0.0923. The van der Waals surface area contributed by atoms with Gasteiger partial charge in [-0.05, 0) is 24.6 Å². The zero-order chi connectivity index (χ0) is 27.1. The highest BCUT2D eigenvalue weighted by Crippen LogP contribution is 2.55. The molecule has 0 radical (unpaired) electrons. The van der Waals surface area contributed by atoms with E-state index in [0.717, 1.165) is 4.68 Å². The fourth-order valence-electron chi connectivity index (χ4n) is 3.80. The van der Waals surface area contributed by atoms with E-state index in [1.165, 1.54) is 12.3 Å². The van der Waals surface area contributed by atoms with Gasteiger partial charge in [0.2, 0.25) is 5.28 Å². The van der Waals surface area contributed by atoms with Crippen LogP contribution in [0.2, 0.25) is 5.28 Å². The average molecular weight is 582 g/mol. The Morgan fingerprint density at radius 3 is 2.59 bits per heavy atom. The van der Waals surface area contributed by atoms with E-state index < -0.39 is 64.1 Å². The minimum Gasteiger partial charge on any atom is -0.387 e. The fraction of sp³-hybridized carbons (Fsp3) is 0.421. The van der Waals surface area contributed by atoms with E-state index in [0.29, 0.717) is 10.9 Å². The number of aliphatic hydroxyl groups excluding tert-OH is 2. The number of nitrogens with zero attached hydrogens (tertiary/aromatic N) is 4. The quantitative estimate of drug-likeness (QED) is 0.157. The lowest BCUT2D eigenvalue weighted by atomic mass is 10.1. The average Bonchev–Trinajstić information content (AvgIpc) is 3.32. The third kappa shape index (κ3) is 6.52. The predicted molar refractivity (Wildman–Crippen MR) is 127 cm³/mol. The largest absolute Gasteiger partial charge is 0.387 e. The lowest BCUT2D eigenvalue weighted by molar-refractivity contribution is -0.0558. The van der Waals surface area contributed by atoms with E-state index in [1.54, 1.807) is 25.1 Å². The molecule has 1 saturated heterocycles. The molecule has 0 aliphatic carbocycles. The number of ether oxygens (including phenoxy) is 1. The zero-order valence-corrected chi connectivity index (χ0v) is 21.5. The van der Waals surface area contributed by atoms with Crippen LogP contribution >= 0.6 is 26.8 Å². The van der Waals surface area contributed by atoms with Gasteiger partial charge in [0.15, 0.2) is 17.8 Å². The van der Waals surface area contributed by atoms with Crippen molar-refractivity contribution in [1.82, 2.24) is 19.7 Å². The molecule has 1 unspecified atom stereocenters. The van der Waals surface area contributed by atoms with Gasteiger partial charge in [0.05, 0.1) is 18.0 Å². The van der Waals surface area contributed by atoms with Gasteiger partial charge < -0.3 is 39.5 Å². The maximum absolute atomic E-state index is 14.2. The van der Waals surface area contributed by atoms with Crippen molar-refractivity contribution in [2.75, 3.05) is 17.8 Å². The Hall–Kier alpha value is -2.03. The summed E-state index contributed by atoms with van der Waals surface area (Å²) in [6.07, 6.45) is -4.40. The van der Waals surface area contributed by atoms with Crippen LogP contribution in [0, 0.1) is 5.82 Å². The van der Waals surface area contributed by atoms with Gasteiger partial charge in [0.25, 0.3) is 0 Å². The Kier molecular flexibility index (Phi) is 8.03. The van der Waals surface area contributed by atoms with Crippen molar-refractivity contribution in [3.8, 4) is 0 Å². The second-order valence-corrected chi connectivity index (χ2v) is 12.7. The van der Waals surface area contributed by atoms with E-state index in [2.05, 4.69) is 20.4 Å². The van der Waals surface area contributed by atoms with Gasteiger partial charge in [-0.1, -0.05) is 18.2 Å². The summed E-state index contributed by atoms with van der Waals surface area (Å²) >= 11 is 6.03. The highest BCUT2D eigenvalue weighted by atomic mass is 35.5. The van der Waals surface area contributed by atoms with E-state index >= 15 is 0 Å². The van der Waals surface area contributed by atoms with Gasteiger partial charge in [-0.15, -0.1) is 5.10 Å². The standard InChI is InChI=1S/C19H23ClFN5O9P2/c1-9(10-4-2-3-5-12(10)21)22-16-11-6-26(25-17(11)24-19(20)23-16)18-15(28)14(27)13(35-18)7-34-37(32,33)8-36(29,30)31/h2-6,9,13-15,18,27-28H,7-8H2,1H3,(H,32,33)(H2,29,30,31)(H,22,23,24,25)/t9-,13+,14+,15+,18+/m0/s1. The molecule has 0 saturated carbocycles. The lowest BCUT2D eigenvalue weighted by Crippen LogP contribution is -2.33. The predicted octanol–water partition coefficient (Wildman–Crippen LogP) is 1.75. The molecule has 4 rings (SSSR count). The van der Waals surface area contributed by atoms with Gasteiger partial charge in [-0.25, -0.2) is 9.07 Å². The summed E-state index contributed by atoms with van der Waals surface area (Å²) in [6, 6.07) is 5.64. The summed E-state index contributed by atoms with van der Waals surface area (Å²) in [5.74, 6) is -1.63. The second-order valence-electron chi connectivity index (χ2n) is 8.36. The van der Waals surface area contributed by atoms with E-state index in [9.17, 15) is 28.6 Å². The molecule has 6 N–H and O–H groups in total. The topological polar surface area (TPSA) is 209 Å². The number of nitrogens with one attached hydrogen (secondary N) is 1. The van der Waals surface area contributed by atoms with Crippen molar-refractivity contribution in [1.29, 1.82) is 0 Å². The first-order valence-electron chi connectivity index (χ1n) is 10.7. The summed E-state index contributed by atoms with van der Waals surface area (Å²) < 4.78 is 48.5. The number of fused-ring (bicyclic) bond motifs is 1. The van der Waals surface area contributed by atoms with Crippen molar-refractivity contribution in [2.24, 2.45) is 0 Å². The molecule has 1 aromatic carbocycles. The number of halogens is 2. The molecule has 14 nitrogen and oxygen atoms in total. The first-order valence-corrected chi connectivity index (χ1v) is 14.6. The number of aromatic nitrogens is 4. The Morgan fingerprint density at radius 2 is 1.92 bits per heavy atom. The van der Waals surface area contributed by atoms with Crippen molar-refractivity contribution in [3.63, 3.8) is 0 Å². The van der Waals surface area contributed by atoms with E-state index in [4.69, 9.17) is 30.6 Å². The number of hydrogen-bond acceptors (Lipinski definition) is 10. The van der Waals surface area contributed by atoms with Crippen LogP contribution in [0.15, 0.2) is 30.5 Å². The molecular formula is C19H23ClFN5O9P2. The van der Waals surface area contributed by atoms with Crippen LogP contribution in [0.4, 0.5) is 10.2 Å². The smallest absolute Gasteiger partial charge is 0.340 e. The number of anilines is 1. The van der Waals surface area contributed by atoms with Gasteiger partial charge in [0.1, 0.15) is 29.9 Å². The molecule has 6 atom stereocenters. The molecule has 3 aromatic rings. The summed E-state index contributed by atoms with van der Waals surface area (Å²) in [5.41, 5.74) is 0.466. The molecule has 18 heteroatoms. The molecule has 1 aliphatic rings. The zero-order valence-electron chi connectivity index (χ0n) is 19.0. The van der Waals surface area contributed by atoms with Gasteiger partial charge in [0, 0.05) is 11.8 Å². The van der Waals surface area contributed by atoms with E-state index in [-0.39, 0.29) is 16.7 Å². The molecule has 1 aliphatic heterocycles. The number of benzene rings is 1. The molecule has 202 valence electrons. The molecule has 2 aromatic heterocycles. The Labute approximate surface area is 213 Å². The molecule has 0 amide bonds. The molecular weight excluding hydrogens is 559 g/mol. The van der Waals surface area contributed by atoms with Crippen LogP contribution in [-0.4, -0.2) is 75.5 Å². The van der Waals surface area contributed by atoms with Gasteiger partial charge >= 0.3 is 15.2 Å². The molecule has 0 spiro atoms. The maximum atomic E-state index is 14.2. The second kappa shape index (κ2) is 10.6. The molecule has 3 heterocycles. The van der Waals surface area contributed by atoms with E-state index in [1.807, 2.05) is 0 Å². The fourth-order valence-corrected chi connectivity index (χ4v) is 6.53. The van der Waals surface area contributed by atoms with Gasteiger partial charge in [-0.3, -0.25) is 9.13 Å². The summed E-state index contributed by atoms with van der Waals surface area (Å²) in [7, 11) is -9.56. The Balaban J connectivity index is 1.54. The first-order chi connectivity index (χ1) is 17.2. The first kappa shape index (κ1) is 28.0. The minimum atomic E-state index is -4.85. The van der Waals surface area contributed by atoms with Crippen molar-refractivity contribution < 1.29 is 47.7 Å². The van der Waals surface area contributed by atoms with Crippen LogP contribution in [0.5, 0.6) is 0 Å². The number of rotatable bonds is 9. The van der Waals surface area contributed by atoms with Crippen molar-refractivity contribution in [3.05, 3.63) is 47.1 Å². The Bertz CT molecular complexity index is 1390. The summed E-state index contributed by atoms with van der Waals surface area (Å²) in [6.45, 7) is 0.962.